The van der Waals surface area contributed by atoms with Gasteiger partial charge in [-0.05, 0) is 66.8 Å². The average molecular weight is 975 g/mol. The maximum atomic E-state index is 15.5. The number of halogens is 4. The lowest BCUT2D eigenvalue weighted by Crippen LogP contribution is -2.50. The van der Waals surface area contributed by atoms with Gasteiger partial charge in [-0.2, -0.15) is 0 Å². The topological polar surface area (TPSA) is 143 Å². The highest BCUT2D eigenvalue weighted by Gasteiger charge is 2.61. The van der Waals surface area contributed by atoms with Gasteiger partial charge in [-0.1, -0.05) is 86.6 Å². The van der Waals surface area contributed by atoms with Gasteiger partial charge in [-0.3, -0.25) is 4.79 Å². The van der Waals surface area contributed by atoms with Crippen molar-refractivity contribution in [2.75, 3.05) is 57.4 Å². The van der Waals surface area contributed by atoms with Crippen LogP contribution in [0.1, 0.15) is 54.0 Å². The number of sulfonamides is 1. The van der Waals surface area contributed by atoms with E-state index in [4.69, 9.17) is 9.47 Å². The fraction of sp³-hybridized carbons (Fsp3) is 0.469. The fourth-order valence-corrected chi connectivity index (χ4v) is 11.9. The van der Waals surface area contributed by atoms with Gasteiger partial charge in [0.1, 0.15) is 24.3 Å². The lowest BCUT2D eigenvalue weighted by Gasteiger charge is -2.32. The van der Waals surface area contributed by atoms with Crippen LogP contribution in [0.3, 0.4) is 0 Å². The normalized spacial score (nSPS) is 23.3. The third kappa shape index (κ3) is 10.8. The van der Waals surface area contributed by atoms with Crippen LogP contribution in [0.2, 0.25) is 0 Å². The summed E-state index contributed by atoms with van der Waals surface area (Å²) in [6, 6.07) is 20.3. The Labute approximate surface area is 393 Å². The summed E-state index contributed by atoms with van der Waals surface area (Å²) in [7, 11) is -5.92. The van der Waals surface area contributed by atoms with Gasteiger partial charge in [0.2, 0.25) is 15.9 Å². The number of nitrogens with one attached hydrogen (secondary N) is 1. The molecule has 3 amide bonds. The molecule has 4 aromatic carbocycles. The van der Waals surface area contributed by atoms with E-state index in [1.54, 1.807) is 66.5 Å². The molecule has 1 N–H and O–H groups in total. The molecule has 0 radical (unpaired) electrons. The predicted molar refractivity (Wildman–Crippen MR) is 252 cm³/mol. The summed E-state index contributed by atoms with van der Waals surface area (Å²) in [5.74, 6) is -1.54. The molecule has 4 aromatic rings. The Morgan fingerprint density at radius 3 is 2.27 bits per heavy atom. The smallest absolute Gasteiger partial charge is 0.320 e. The van der Waals surface area contributed by atoms with Gasteiger partial charge in [-0.15, -0.1) is 0 Å². The molecule has 4 heterocycles. The van der Waals surface area contributed by atoms with Crippen LogP contribution in [-0.4, -0.2) is 125 Å². The number of sulfone groups is 1. The van der Waals surface area contributed by atoms with Crippen molar-refractivity contribution in [1.29, 1.82) is 0 Å². The molecule has 2 saturated heterocycles. The average Bonchev–Trinajstić information content (AvgIpc) is 3.97. The molecule has 5 aliphatic rings. The number of hydrogen-bond acceptors (Lipinski definition) is 8. The number of alkyl halides is 2. The second-order valence-corrected chi connectivity index (χ2v) is 21.6. The number of carbonyl (C=O) groups is 2. The summed E-state index contributed by atoms with van der Waals surface area (Å²) >= 11 is 0. The van der Waals surface area contributed by atoms with Gasteiger partial charge in [0, 0.05) is 45.1 Å². The summed E-state index contributed by atoms with van der Waals surface area (Å²) in [5, 5.41) is 0. The Bertz CT molecular complexity index is 2680. The number of nitrogens with zero attached hydrogens (tertiary/aromatic N) is 3. The van der Waals surface area contributed by atoms with Crippen molar-refractivity contribution in [2.45, 2.75) is 77.2 Å². The van der Waals surface area contributed by atoms with Crippen molar-refractivity contribution >= 4 is 31.8 Å². The van der Waals surface area contributed by atoms with E-state index in [1.165, 1.54) is 22.8 Å². The van der Waals surface area contributed by atoms with Gasteiger partial charge < -0.3 is 24.2 Å². The predicted octanol–water partition coefficient (Wildman–Crippen LogP) is 8.09. The van der Waals surface area contributed by atoms with E-state index in [0.29, 0.717) is 35.4 Å². The molecule has 0 aromatic heterocycles. The largest absolute Gasteiger partial charge is 0.492 e. The number of rotatable bonds is 6. The number of amides is 3. The first kappa shape index (κ1) is 49.7. The number of benzene rings is 4. The summed E-state index contributed by atoms with van der Waals surface area (Å²) < 4.78 is 121. The van der Waals surface area contributed by atoms with Crippen LogP contribution in [0.4, 0.5) is 22.4 Å². The summed E-state index contributed by atoms with van der Waals surface area (Å²) in [6.45, 7) is 6.06. The Morgan fingerprint density at radius 1 is 0.836 bits per heavy atom. The van der Waals surface area contributed by atoms with Gasteiger partial charge in [0.15, 0.2) is 27.4 Å². The molecule has 4 bridgehead atoms. The van der Waals surface area contributed by atoms with Crippen molar-refractivity contribution in [2.24, 2.45) is 11.3 Å². The summed E-state index contributed by atoms with van der Waals surface area (Å²) in [4.78, 5) is 30.9. The molecular weight excluding hydrogens is 913 g/mol. The molecule has 1 saturated carbocycles. The lowest BCUT2D eigenvalue weighted by molar-refractivity contribution is -0.132. The van der Waals surface area contributed by atoms with Gasteiger partial charge in [0.25, 0.3) is 0 Å². The first-order valence-corrected chi connectivity index (χ1v) is 26.2. The van der Waals surface area contributed by atoms with Crippen molar-refractivity contribution in [1.82, 2.24) is 19.4 Å². The monoisotopic (exact) mass is 974 g/mol. The number of fused-ring (bicyclic) bond motifs is 10. The molecule has 1 spiro atoms. The number of hydrogen-bond donors (Lipinski definition) is 1. The number of ether oxygens (including phenoxy) is 2. The summed E-state index contributed by atoms with van der Waals surface area (Å²) in [5.41, 5.74) is 3.21. The lowest BCUT2D eigenvalue weighted by atomic mass is 9.86. The number of urea groups is 1. The Hall–Kier alpha value is -5.20. The quantitative estimate of drug-likeness (QED) is 0.191. The van der Waals surface area contributed by atoms with Crippen LogP contribution in [0.15, 0.2) is 84.9 Å². The Morgan fingerprint density at radius 2 is 1.54 bits per heavy atom. The molecular formula is C49H62F4N4O8S2. The van der Waals surface area contributed by atoms with E-state index in [9.17, 15) is 39.6 Å². The van der Waals surface area contributed by atoms with E-state index < -0.39 is 55.8 Å². The minimum absolute atomic E-state index is 0. The molecule has 4 aliphatic heterocycles. The van der Waals surface area contributed by atoms with Gasteiger partial charge in [0.05, 0.1) is 49.7 Å². The minimum Gasteiger partial charge on any atom is -0.492 e. The fourth-order valence-electron chi connectivity index (χ4n) is 9.76. The summed E-state index contributed by atoms with van der Waals surface area (Å²) in [6.07, 6.45) is 0.503. The second kappa shape index (κ2) is 20.6. The third-order valence-electron chi connectivity index (χ3n) is 13.4. The van der Waals surface area contributed by atoms with Crippen LogP contribution in [-0.2, 0) is 37.5 Å². The van der Waals surface area contributed by atoms with Crippen LogP contribution < -0.4 is 14.2 Å². The van der Waals surface area contributed by atoms with Crippen molar-refractivity contribution in [3.8, 4) is 33.8 Å². The molecule has 18 heteroatoms. The standard InChI is InChI=1S/C25H28F2N2O4S.C22H24F2N2O4S.C2H6.2H2/c1-28-10-11-33-23-19(6-3-7-21(23)27)18-5-2-4-17(12-18)13-22-20(14-34(31,32)16-26)25(8-9-25)15-29(22)24(28)30;1-2-31(28,29)25-22-17(23)13-26-18(22)12-14-6-5-8-16(21(14)24)15-7-3-4-9-19(15)30-11-10-20(26)27;1-2;;/h2-7,12,20,22H,8-11,13-16H2,1H3;3-9,17-18,22,25H,2,10-13H2,1H3;1-2H3;2*1H/t20-,22+;17-,18-,22-;;;/m10.../s1. The molecule has 0 unspecified atom stereocenters. The van der Waals surface area contributed by atoms with E-state index >= 15 is 4.39 Å². The van der Waals surface area contributed by atoms with Crippen LogP contribution in [0.5, 0.6) is 11.5 Å². The van der Waals surface area contributed by atoms with Gasteiger partial charge >= 0.3 is 6.03 Å². The molecule has 366 valence electrons. The highest BCUT2D eigenvalue weighted by atomic mass is 32.2. The Balaban J connectivity index is 0.000000243. The maximum absolute atomic E-state index is 15.5. The van der Waals surface area contributed by atoms with E-state index in [1.807, 2.05) is 38.1 Å². The van der Waals surface area contributed by atoms with Crippen molar-refractivity contribution in [3.05, 3.63) is 108 Å². The molecule has 9 rings (SSSR count). The zero-order chi connectivity index (χ0) is 48.3. The SMILES string of the molecule is CC.CCS(=O)(=O)N[C@H]1[C@@H](F)CN2C(=O)CCOc3ccccc3-c3cccc(c3F)C[C@@H]12.CN1CCOc2c(F)cccc2-c2cccc(c2)C[C@H]2[C@@H](CS(=O)(=O)CF)C3(CC3)CN2C1=O.[HH].[HH]. The molecule has 5 atom stereocenters. The maximum Gasteiger partial charge on any atom is 0.320 e. The molecule has 1 aliphatic carbocycles. The highest BCUT2D eigenvalue weighted by Crippen LogP contribution is 2.59. The molecule has 3 fully saturated rings. The molecule has 12 nitrogen and oxygen atoms in total. The van der Waals surface area contributed by atoms with E-state index in [0.717, 1.165) is 24.0 Å². The zero-order valence-corrected chi connectivity index (χ0v) is 39.7. The Kier molecular flexibility index (Phi) is 15.3. The highest BCUT2D eigenvalue weighted by molar-refractivity contribution is 7.91. The number of likely N-dealkylation sites (N-methyl/N-ethyl adjacent to an activating group) is 1. The van der Waals surface area contributed by atoms with Crippen LogP contribution in [0.25, 0.3) is 22.3 Å². The van der Waals surface area contributed by atoms with Crippen molar-refractivity contribution in [3.63, 3.8) is 0 Å². The number of para-hydroxylation sites is 2. The minimum atomic E-state index is -3.87. The van der Waals surface area contributed by atoms with Crippen LogP contribution >= 0.6 is 0 Å². The van der Waals surface area contributed by atoms with Gasteiger partial charge in [-0.25, -0.2) is 43.9 Å². The van der Waals surface area contributed by atoms with E-state index in [2.05, 4.69) is 4.72 Å². The third-order valence-corrected chi connectivity index (χ3v) is 16.0. The van der Waals surface area contributed by atoms with Crippen LogP contribution in [0, 0.1) is 23.0 Å². The first-order valence-electron chi connectivity index (χ1n) is 22.8. The number of carbonyl (C=O) groups excluding carboxylic acids is 2. The zero-order valence-electron chi connectivity index (χ0n) is 38.1. The first-order chi connectivity index (χ1) is 32.0. The van der Waals surface area contributed by atoms with Crippen molar-refractivity contribution < 1.29 is 56.3 Å². The second-order valence-electron chi connectivity index (χ2n) is 17.5. The van der Waals surface area contributed by atoms with E-state index in [-0.39, 0.29) is 94.1 Å². The molecule has 67 heavy (non-hydrogen) atoms.